The van der Waals surface area contributed by atoms with Gasteiger partial charge in [-0.2, -0.15) is 4.98 Å². The van der Waals surface area contributed by atoms with Crippen molar-refractivity contribution in [3.63, 3.8) is 0 Å². The zero-order valence-electron chi connectivity index (χ0n) is 17.1. The first-order valence-corrected chi connectivity index (χ1v) is 10.1. The topological polar surface area (TPSA) is 92.8 Å². The number of ether oxygens (including phenoxy) is 1. The van der Waals surface area contributed by atoms with E-state index in [1.807, 2.05) is 6.92 Å². The molecule has 7 nitrogen and oxygen atoms in total. The predicted molar refractivity (Wildman–Crippen MR) is 115 cm³/mol. The minimum atomic E-state index is -0.333. The summed E-state index contributed by atoms with van der Waals surface area (Å²) in [6.45, 7) is 2.84. The van der Waals surface area contributed by atoms with Crippen LogP contribution in [0.5, 0.6) is 5.88 Å². The highest BCUT2D eigenvalue weighted by molar-refractivity contribution is 5.98. The summed E-state index contributed by atoms with van der Waals surface area (Å²) >= 11 is 0. The lowest BCUT2D eigenvalue weighted by Gasteiger charge is -2.11. The summed E-state index contributed by atoms with van der Waals surface area (Å²) < 4.78 is 19.0. The number of rotatable bonds is 8. The number of aromatic nitrogens is 4. The van der Waals surface area contributed by atoms with Crippen LogP contribution in [-0.4, -0.2) is 39.0 Å². The second-order valence-electron chi connectivity index (χ2n) is 6.92. The average molecular weight is 419 g/mol. The van der Waals surface area contributed by atoms with Crippen molar-refractivity contribution in [3.05, 3.63) is 72.1 Å². The van der Waals surface area contributed by atoms with Crippen molar-refractivity contribution >= 4 is 16.8 Å². The van der Waals surface area contributed by atoms with Crippen molar-refractivity contribution in [2.45, 2.75) is 19.8 Å². The van der Waals surface area contributed by atoms with E-state index in [-0.39, 0.29) is 11.7 Å². The minimum absolute atomic E-state index is 0.179. The predicted octanol–water partition coefficient (Wildman–Crippen LogP) is 3.92. The van der Waals surface area contributed by atoms with Crippen molar-refractivity contribution in [3.8, 4) is 17.3 Å². The second-order valence-corrected chi connectivity index (χ2v) is 6.92. The lowest BCUT2D eigenvalue weighted by molar-refractivity contribution is 0.0953. The fourth-order valence-electron chi connectivity index (χ4n) is 3.21. The number of nitrogens with zero attached hydrogens (tertiary/aromatic N) is 3. The number of fused-ring (bicyclic) bond motifs is 1. The number of benzene rings is 2. The molecule has 1 amide bonds. The van der Waals surface area contributed by atoms with Gasteiger partial charge in [-0.1, -0.05) is 0 Å². The third-order valence-corrected chi connectivity index (χ3v) is 4.74. The number of amides is 1. The number of carbonyl (C=O) groups is 1. The first kappa shape index (κ1) is 20.5. The van der Waals surface area contributed by atoms with Crippen LogP contribution in [0.3, 0.4) is 0 Å². The standard InChI is InChI=1S/C23H22FN5O2/c1-2-31-23-18-10-7-16(22(30)27-11-3-4-20-25-12-13-26-20)14-19(18)28-21(29-23)15-5-8-17(24)9-6-15/h5-10,12-14H,2-4,11H2,1H3,(H,25,26)(H,27,30). The molecular weight excluding hydrogens is 397 g/mol. The molecule has 0 radical (unpaired) electrons. The van der Waals surface area contributed by atoms with Gasteiger partial charge in [0, 0.05) is 36.5 Å². The molecule has 0 atom stereocenters. The summed E-state index contributed by atoms with van der Waals surface area (Å²) in [4.78, 5) is 28.9. The van der Waals surface area contributed by atoms with E-state index >= 15 is 0 Å². The SMILES string of the molecule is CCOc1nc(-c2ccc(F)cc2)nc2cc(C(=O)NCCCc3ncc[nH]3)ccc12. The van der Waals surface area contributed by atoms with Gasteiger partial charge in [-0.05, 0) is 55.8 Å². The number of hydrogen-bond acceptors (Lipinski definition) is 5. The molecule has 0 aliphatic rings. The average Bonchev–Trinajstić information content (AvgIpc) is 3.30. The number of carbonyl (C=O) groups excluding carboxylic acids is 1. The maximum absolute atomic E-state index is 13.3. The lowest BCUT2D eigenvalue weighted by Crippen LogP contribution is -2.24. The molecule has 8 heteroatoms. The molecule has 2 N–H and O–H groups in total. The minimum Gasteiger partial charge on any atom is -0.477 e. The zero-order valence-corrected chi connectivity index (χ0v) is 17.1. The van der Waals surface area contributed by atoms with Gasteiger partial charge in [0.05, 0.1) is 17.5 Å². The molecule has 158 valence electrons. The fraction of sp³-hybridized carbons (Fsp3) is 0.217. The number of H-pyrrole nitrogens is 1. The van der Waals surface area contributed by atoms with E-state index in [9.17, 15) is 9.18 Å². The highest BCUT2D eigenvalue weighted by atomic mass is 19.1. The molecular formula is C23H22FN5O2. The van der Waals surface area contributed by atoms with Gasteiger partial charge in [-0.25, -0.2) is 14.4 Å². The van der Waals surface area contributed by atoms with Gasteiger partial charge in [0.2, 0.25) is 5.88 Å². The number of nitrogens with one attached hydrogen (secondary N) is 2. The zero-order chi connectivity index (χ0) is 21.6. The largest absolute Gasteiger partial charge is 0.477 e. The first-order chi connectivity index (χ1) is 15.1. The molecule has 2 aromatic carbocycles. The molecule has 2 aromatic heterocycles. The number of aromatic amines is 1. The Morgan fingerprint density at radius 3 is 2.74 bits per heavy atom. The monoisotopic (exact) mass is 419 g/mol. The van der Waals surface area contributed by atoms with Crippen LogP contribution in [0.2, 0.25) is 0 Å². The Kier molecular flexibility index (Phi) is 6.16. The van der Waals surface area contributed by atoms with Crippen molar-refractivity contribution in [2.75, 3.05) is 13.2 Å². The van der Waals surface area contributed by atoms with E-state index in [1.54, 1.807) is 42.7 Å². The third-order valence-electron chi connectivity index (χ3n) is 4.74. The number of hydrogen-bond donors (Lipinski definition) is 2. The van der Waals surface area contributed by atoms with E-state index in [0.717, 1.165) is 18.7 Å². The van der Waals surface area contributed by atoms with Crippen molar-refractivity contribution in [1.82, 2.24) is 25.3 Å². The third kappa shape index (κ3) is 4.85. The Morgan fingerprint density at radius 2 is 2.00 bits per heavy atom. The Balaban J connectivity index is 1.56. The quantitative estimate of drug-likeness (QED) is 0.422. The van der Waals surface area contributed by atoms with Gasteiger partial charge in [0.15, 0.2) is 5.82 Å². The summed E-state index contributed by atoms with van der Waals surface area (Å²) in [6, 6.07) is 11.2. The number of imidazole rings is 1. The molecule has 0 saturated carbocycles. The molecule has 31 heavy (non-hydrogen) atoms. The van der Waals surface area contributed by atoms with Gasteiger partial charge < -0.3 is 15.0 Å². The van der Waals surface area contributed by atoms with Crippen molar-refractivity contribution < 1.29 is 13.9 Å². The maximum atomic E-state index is 13.3. The van der Waals surface area contributed by atoms with Crippen LogP contribution in [0.15, 0.2) is 54.9 Å². The van der Waals surface area contributed by atoms with E-state index < -0.39 is 0 Å². The van der Waals surface area contributed by atoms with Gasteiger partial charge in [0.25, 0.3) is 5.91 Å². The number of halogens is 1. The smallest absolute Gasteiger partial charge is 0.251 e. The van der Waals surface area contributed by atoms with Crippen molar-refractivity contribution in [1.29, 1.82) is 0 Å². The Labute approximate surface area is 178 Å². The van der Waals surface area contributed by atoms with E-state index in [4.69, 9.17) is 4.74 Å². The molecule has 0 spiro atoms. The van der Waals surface area contributed by atoms with Gasteiger partial charge in [0.1, 0.15) is 11.6 Å². The van der Waals surface area contributed by atoms with E-state index in [0.29, 0.717) is 46.9 Å². The van der Waals surface area contributed by atoms with Crippen molar-refractivity contribution in [2.24, 2.45) is 0 Å². The molecule has 0 bridgehead atoms. The first-order valence-electron chi connectivity index (χ1n) is 10.1. The summed E-state index contributed by atoms with van der Waals surface area (Å²) in [5.41, 5.74) is 1.75. The normalized spacial score (nSPS) is 10.9. The Hall–Kier alpha value is -3.81. The molecule has 0 unspecified atom stereocenters. The van der Waals surface area contributed by atoms with E-state index in [2.05, 4.69) is 25.3 Å². The maximum Gasteiger partial charge on any atom is 0.251 e. The fourth-order valence-corrected chi connectivity index (χ4v) is 3.21. The van der Waals surface area contributed by atoms with Crippen LogP contribution >= 0.6 is 0 Å². The van der Waals surface area contributed by atoms with Crippen LogP contribution in [0.25, 0.3) is 22.3 Å². The summed E-state index contributed by atoms with van der Waals surface area (Å²) in [5.74, 6) is 1.22. The molecule has 0 saturated heterocycles. The van der Waals surface area contributed by atoms with Crippen LogP contribution in [0, 0.1) is 5.82 Å². The van der Waals surface area contributed by atoms with Gasteiger partial charge in [-0.3, -0.25) is 4.79 Å². The summed E-state index contributed by atoms with van der Waals surface area (Å²) in [7, 11) is 0. The summed E-state index contributed by atoms with van der Waals surface area (Å²) in [6.07, 6.45) is 5.03. The lowest BCUT2D eigenvalue weighted by atomic mass is 10.1. The molecule has 4 aromatic rings. The van der Waals surface area contributed by atoms with Crippen LogP contribution in [0.4, 0.5) is 4.39 Å². The van der Waals surface area contributed by atoms with E-state index in [1.165, 1.54) is 12.1 Å². The molecule has 0 fully saturated rings. The molecule has 0 aliphatic carbocycles. The Morgan fingerprint density at radius 1 is 1.16 bits per heavy atom. The number of aryl methyl sites for hydroxylation is 1. The highest BCUT2D eigenvalue weighted by Crippen LogP contribution is 2.27. The van der Waals surface area contributed by atoms with Crippen LogP contribution < -0.4 is 10.1 Å². The second kappa shape index (κ2) is 9.34. The molecule has 0 aliphatic heterocycles. The van der Waals surface area contributed by atoms with Crippen LogP contribution in [0.1, 0.15) is 29.5 Å². The van der Waals surface area contributed by atoms with Gasteiger partial charge >= 0.3 is 0 Å². The molecule has 2 heterocycles. The highest BCUT2D eigenvalue weighted by Gasteiger charge is 2.13. The van der Waals surface area contributed by atoms with Gasteiger partial charge in [-0.15, -0.1) is 0 Å². The van der Waals surface area contributed by atoms with Crippen LogP contribution in [-0.2, 0) is 6.42 Å². The Bertz CT molecular complexity index is 1180. The molecule has 4 rings (SSSR count). The summed E-state index contributed by atoms with van der Waals surface area (Å²) in [5, 5.41) is 3.63.